The molecule has 0 spiro atoms. The van der Waals surface area contributed by atoms with E-state index in [1.54, 1.807) is 20.8 Å². The van der Waals surface area contributed by atoms with Gasteiger partial charge >= 0.3 is 0 Å². The molecule has 0 N–H and O–H groups in total. The summed E-state index contributed by atoms with van der Waals surface area (Å²) < 4.78 is 23.1. The normalized spacial score (nSPS) is 16.2. The minimum Gasteiger partial charge on any atom is -0.228 e. The average molecular weight is 313 g/mol. The van der Waals surface area contributed by atoms with Crippen LogP contribution in [-0.2, 0) is 9.84 Å². The van der Waals surface area contributed by atoms with Crippen molar-refractivity contribution in [2.45, 2.75) is 64.0 Å². The van der Waals surface area contributed by atoms with E-state index < -0.39 is 14.6 Å². The summed E-state index contributed by atoms with van der Waals surface area (Å²) in [7, 11) is -2.96. The van der Waals surface area contributed by atoms with Gasteiger partial charge in [-0.1, -0.05) is 36.7 Å². The van der Waals surface area contributed by atoms with Gasteiger partial charge in [0.1, 0.15) is 0 Å². The maximum atomic E-state index is 11.9. The highest BCUT2D eigenvalue weighted by atomic mass is 79.9. The molecule has 0 aliphatic carbocycles. The van der Waals surface area contributed by atoms with Gasteiger partial charge < -0.3 is 0 Å². The molecule has 16 heavy (non-hydrogen) atoms. The van der Waals surface area contributed by atoms with Crippen LogP contribution in [0.15, 0.2) is 0 Å². The van der Waals surface area contributed by atoms with E-state index in [4.69, 9.17) is 0 Å². The van der Waals surface area contributed by atoms with Gasteiger partial charge in [-0.05, 0) is 39.0 Å². The second-order valence-corrected chi connectivity index (χ2v) is 10.4. The van der Waals surface area contributed by atoms with E-state index in [1.165, 1.54) is 0 Å². The Kier molecular flexibility index (Phi) is 5.53. The Morgan fingerprint density at radius 1 is 1.06 bits per heavy atom. The largest absolute Gasteiger partial charge is 0.228 e. The Morgan fingerprint density at radius 2 is 1.50 bits per heavy atom. The number of hydrogen-bond acceptors (Lipinski definition) is 2. The predicted molar refractivity (Wildman–Crippen MR) is 74.9 cm³/mol. The molecule has 2 nitrogen and oxygen atoms in total. The molecular formula is C12H25BrO2S. The van der Waals surface area contributed by atoms with E-state index in [0.717, 1.165) is 12.8 Å². The van der Waals surface area contributed by atoms with Gasteiger partial charge in [0.2, 0.25) is 0 Å². The first-order valence-electron chi connectivity index (χ1n) is 5.74. The van der Waals surface area contributed by atoms with E-state index in [0.29, 0.717) is 4.83 Å². The fourth-order valence-corrected chi connectivity index (χ4v) is 2.67. The van der Waals surface area contributed by atoms with E-state index in [-0.39, 0.29) is 11.2 Å². The predicted octanol–water partition coefficient (Wildman–Crippen LogP) is 3.79. The number of halogens is 1. The minimum absolute atomic E-state index is 0.186. The van der Waals surface area contributed by atoms with Crippen molar-refractivity contribution in [3.05, 3.63) is 0 Å². The van der Waals surface area contributed by atoms with E-state index in [1.807, 2.05) is 0 Å². The topological polar surface area (TPSA) is 34.1 Å². The maximum absolute atomic E-state index is 11.9. The molecule has 1 unspecified atom stereocenters. The SMILES string of the molecule is CC(C)(C)C(Br)CCCS(=O)(=O)C(C)(C)C. The van der Waals surface area contributed by atoms with Gasteiger partial charge in [0.15, 0.2) is 9.84 Å². The third-order valence-electron chi connectivity index (χ3n) is 2.74. The van der Waals surface area contributed by atoms with Crippen molar-refractivity contribution in [3.8, 4) is 0 Å². The Balaban J connectivity index is 4.21. The van der Waals surface area contributed by atoms with Gasteiger partial charge in [-0.25, -0.2) is 8.42 Å². The zero-order chi connectivity index (χ0) is 13.2. The van der Waals surface area contributed by atoms with Gasteiger partial charge in [0, 0.05) is 4.83 Å². The lowest BCUT2D eigenvalue weighted by Crippen LogP contribution is -2.31. The summed E-state index contributed by atoms with van der Waals surface area (Å²) in [6, 6.07) is 0. The van der Waals surface area contributed by atoms with Gasteiger partial charge in [-0.2, -0.15) is 0 Å². The number of sulfone groups is 1. The molecule has 98 valence electrons. The van der Waals surface area contributed by atoms with Gasteiger partial charge in [-0.3, -0.25) is 0 Å². The molecule has 0 saturated heterocycles. The lowest BCUT2D eigenvalue weighted by Gasteiger charge is -2.26. The first-order valence-corrected chi connectivity index (χ1v) is 8.31. The summed E-state index contributed by atoms with van der Waals surface area (Å²) in [5.41, 5.74) is 0.186. The fraction of sp³-hybridized carbons (Fsp3) is 1.00. The standard InChI is InChI=1S/C12H25BrO2S/c1-11(2,3)10(13)8-7-9-16(14,15)12(4,5)6/h10H,7-9H2,1-6H3. The Labute approximate surface area is 109 Å². The van der Waals surface area contributed by atoms with Crippen LogP contribution in [0, 0.1) is 5.41 Å². The Morgan fingerprint density at radius 3 is 1.81 bits per heavy atom. The molecule has 0 aromatic heterocycles. The molecule has 0 amide bonds. The third-order valence-corrected chi connectivity index (χ3v) is 7.27. The van der Waals surface area contributed by atoms with Crippen molar-refractivity contribution in [2.75, 3.05) is 5.75 Å². The highest BCUT2D eigenvalue weighted by molar-refractivity contribution is 9.09. The zero-order valence-electron chi connectivity index (χ0n) is 11.3. The highest BCUT2D eigenvalue weighted by Gasteiger charge is 2.29. The van der Waals surface area contributed by atoms with Crippen molar-refractivity contribution in [1.29, 1.82) is 0 Å². The lowest BCUT2D eigenvalue weighted by molar-refractivity contribution is 0.383. The quantitative estimate of drug-likeness (QED) is 0.740. The molecule has 0 bridgehead atoms. The monoisotopic (exact) mass is 312 g/mol. The number of rotatable bonds is 4. The summed E-state index contributed by atoms with van der Waals surface area (Å²) in [4.78, 5) is 0.371. The molecule has 0 aromatic rings. The van der Waals surface area contributed by atoms with Crippen LogP contribution in [0.25, 0.3) is 0 Å². The molecule has 0 aromatic carbocycles. The Bertz CT molecular complexity index is 307. The summed E-state index contributed by atoms with van der Waals surface area (Å²) in [6.07, 6.45) is 1.63. The van der Waals surface area contributed by atoms with Crippen molar-refractivity contribution < 1.29 is 8.42 Å². The van der Waals surface area contributed by atoms with Crippen LogP contribution in [0.1, 0.15) is 54.4 Å². The van der Waals surface area contributed by atoms with E-state index in [2.05, 4.69) is 36.7 Å². The Hall–Kier alpha value is 0.430. The third kappa shape index (κ3) is 5.17. The van der Waals surface area contributed by atoms with Gasteiger partial charge in [0.25, 0.3) is 0 Å². The molecule has 0 aliphatic heterocycles. The highest BCUT2D eigenvalue weighted by Crippen LogP contribution is 2.30. The molecule has 0 aliphatic rings. The van der Waals surface area contributed by atoms with Crippen LogP contribution in [0.4, 0.5) is 0 Å². The van der Waals surface area contributed by atoms with Crippen LogP contribution in [0.5, 0.6) is 0 Å². The maximum Gasteiger partial charge on any atom is 0.155 e. The molecule has 0 saturated carbocycles. The molecule has 1 atom stereocenters. The zero-order valence-corrected chi connectivity index (χ0v) is 13.7. The van der Waals surface area contributed by atoms with Crippen LogP contribution in [-0.4, -0.2) is 23.7 Å². The first kappa shape index (κ1) is 16.4. The average Bonchev–Trinajstić information content (AvgIpc) is 1.99. The number of hydrogen-bond donors (Lipinski definition) is 0. The van der Waals surface area contributed by atoms with Crippen LogP contribution >= 0.6 is 15.9 Å². The smallest absolute Gasteiger partial charge is 0.155 e. The molecule has 0 radical (unpaired) electrons. The van der Waals surface area contributed by atoms with Crippen molar-refractivity contribution in [3.63, 3.8) is 0 Å². The molecule has 0 rings (SSSR count). The van der Waals surface area contributed by atoms with Crippen molar-refractivity contribution in [1.82, 2.24) is 0 Å². The summed E-state index contributed by atoms with van der Waals surface area (Å²) in [5.74, 6) is 0.286. The summed E-state index contributed by atoms with van der Waals surface area (Å²) in [6.45, 7) is 11.8. The molecule has 0 fully saturated rings. The fourth-order valence-electron chi connectivity index (χ4n) is 1.19. The van der Waals surface area contributed by atoms with Crippen LogP contribution in [0.2, 0.25) is 0 Å². The molecular weight excluding hydrogens is 288 g/mol. The van der Waals surface area contributed by atoms with Crippen LogP contribution < -0.4 is 0 Å². The summed E-state index contributed by atoms with van der Waals surface area (Å²) >= 11 is 3.62. The molecule has 4 heteroatoms. The van der Waals surface area contributed by atoms with E-state index in [9.17, 15) is 8.42 Å². The second-order valence-electron chi connectivity index (χ2n) is 6.41. The minimum atomic E-state index is -2.96. The van der Waals surface area contributed by atoms with Crippen LogP contribution in [0.3, 0.4) is 0 Å². The molecule has 0 heterocycles. The number of alkyl halides is 1. The van der Waals surface area contributed by atoms with Gasteiger partial charge in [0.05, 0.1) is 10.5 Å². The lowest BCUT2D eigenvalue weighted by atomic mass is 9.90. The summed E-state index contributed by atoms with van der Waals surface area (Å²) in [5, 5.41) is 0. The van der Waals surface area contributed by atoms with Crippen molar-refractivity contribution in [2.24, 2.45) is 5.41 Å². The van der Waals surface area contributed by atoms with Crippen molar-refractivity contribution >= 4 is 25.8 Å². The van der Waals surface area contributed by atoms with E-state index >= 15 is 0 Å². The second kappa shape index (κ2) is 5.38. The van der Waals surface area contributed by atoms with Gasteiger partial charge in [-0.15, -0.1) is 0 Å². The first-order chi connectivity index (χ1) is 6.88.